The lowest BCUT2D eigenvalue weighted by Crippen LogP contribution is -2.59. The molecule has 0 aliphatic heterocycles. The van der Waals surface area contributed by atoms with Crippen LogP contribution in [-0.2, 0) is 14.3 Å². The van der Waals surface area contributed by atoms with Crippen molar-refractivity contribution in [3.63, 3.8) is 0 Å². The largest absolute Gasteiger partial charge is 0.457 e. The van der Waals surface area contributed by atoms with Crippen molar-refractivity contribution < 1.29 is 24.5 Å². The number of methoxy groups -OCH3 is 1. The molecule has 0 aromatic carbocycles. The minimum atomic E-state index is -0.690. The van der Waals surface area contributed by atoms with Crippen LogP contribution in [0.2, 0.25) is 0 Å². The Hall–Kier alpha value is -0.650. The number of hydrogen-bond acceptors (Lipinski definition) is 5. The fourth-order valence-electron chi connectivity index (χ4n) is 11.9. The zero-order valence-electron chi connectivity index (χ0n) is 25.0. The van der Waals surface area contributed by atoms with E-state index in [1.807, 2.05) is 13.8 Å². The number of aliphatic hydroxyl groups excluding tert-OH is 2. The van der Waals surface area contributed by atoms with Crippen LogP contribution in [0, 0.1) is 50.7 Å². The molecule has 5 aliphatic rings. The Morgan fingerprint density at radius 3 is 2.22 bits per heavy atom. The third-order valence-electron chi connectivity index (χ3n) is 14.0. The molecule has 2 N–H and O–H groups in total. The molecule has 0 aromatic rings. The Labute approximate surface area is 225 Å². The van der Waals surface area contributed by atoms with Gasteiger partial charge in [-0.15, -0.1) is 0 Å². The first kappa shape index (κ1) is 27.9. The molecule has 11 atom stereocenters. The lowest BCUT2D eigenvalue weighted by atomic mass is 9.41. The molecule has 5 aliphatic carbocycles. The highest BCUT2D eigenvalue weighted by Crippen LogP contribution is 2.89. The van der Waals surface area contributed by atoms with Crippen molar-refractivity contribution in [2.75, 3.05) is 7.11 Å². The molecule has 5 nitrogen and oxygen atoms in total. The molecular formula is C32H54O5. The van der Waals surface area contributed by atoms with Gasteiger partial charge >= 0.3 is 5.97 Å². The molecule has 5 heteroatoms. The van der Waals surface area contributed by atoms with Gasteiger partial charge in [0.25, 0.3) is 0 Å². The molecule has 0 radical (unpaired) electrons. The SMILES string of the molecule is COC(C[C@@H](C)[C@H]1C[C@H](O)[C@@]2(C)C3CC[C@H]4C(C)(C)[C@@H](O)CC[C@@]45CC35CC[C@]12C)C(C)(C)OC(C)=O. The van der Waals surface area contributed by atoms with Crippen LogP contribution in [-0.4, -0.2) is 47.2 Å². The summed E-state index contributed by atoms with van der Waals surface area (Å²) in [6, 6.07) is 0. The third kappa shape index (κ3) is 3.48. The minimum Gasteiger partial charge on any atom is -0.457 e. The highest BCUT2D eigenvalue weighted by atomic mass is 16.6. The summed E-state index contributed by atoms with van der Waals surface area (Å²) in [5.74, 6) is 1.65. The van der Waals surface area contributed by atoms with Crippen molar-refractivity contribution in [3.8, 4) is 0 Å². The van der Waals surface area contributed by atoms with E-state index in [9.17, 15) is 15.0 Å². The predicted molar refractivity (Wildman–Crippen MR) is 145 cm³/mol. The fraction of sp³-hybridized carbons (Fsp3) is 0.969. The molecule has 0 saturated heterocycles. The second-order valence-electron chi connectivity index (χ2n) is 15.7. The quantitative estimate of drug-likeness (QED) is 0.413. The first-order valence-electron chi connectivity index (χ1n) is 15.1. The monoisotopic (exact) mass is 518 g/mol. The smallest absolute Gasteiger partial charge is 0.303 e. The fourth-order valence-corrected chi connectivity index (χ4v) is 11.9. The van der Waals surface area contributed by atoms with Gasteiger partial charge in [0.05, 0.1) is 18.3 Å². The van der Waals surface area contributed by atoms with Gasteiger partial charge in [0.15, 0.2) is 0 Å². The van der Waals surface area contributed by atoms with Crippen LogP contribution in [0.3, 0.4) is 0 Å². The van der Waals surface area contributed by atoms with Gasteiger partial charge in [-0.3, -0.25) is 4.79 Å². The second-order valence-corrected chi connectivity index (χ2v) is 15.7. The van der Waals surface area contributed by atoms with Gasteiger partial charge in [0.2, 0.25) is 0 Å². The van der Waals surface area contributed by atoms with E-state index in [-0.39, 0.29) is 40.5 Å². The number of aliphatic hydroxyl groups is 2. The van der Waals surface area contributed by atoms with Crippen LogP contribution in [0.15, 0.2) is 0 Å². The molecule has 212 valence electrons. The minimum absolute atomic E-state index is 0.0103. The average molecular weight is 519 g/mol. The van der Waals surface area contributed by atoms with E-state index in [4.69, 9.17) is 9.47 Å². The summed E-state index contributed by atoms with van der Waals surface area (Å²) in [6.07, 6.45) is 9.25. The zero-order chi connectivity index (χ0) is 27.4. The molecule has 5 rings (SSSR count). The zero-order valence-corrected chi connectivity index (χ0v) is 25.0. The van der Waals surface area contributed by atoms with E-state index < -0.39 is 5.60 Å². The van der Waals surface area contributed by atoms with Crippen LogP contribution in [0.5, 0.6) is 0 Å². The third-order valence-corrected chi connectivity index (χ3v) is 14.0. The number of hydrogen-bond donors (Lipinski definition) is 2. The number of carbonyl (C=O) groups is 1. The molecule has 0 aromatic heterocycles. The van der Waals surface area contributed by atoms with Crippen molar-refractivity contribution in [3.05, 3.63) is 0 Å². The van der Waals surface area contributed by atoms with Crippen molar-refractivity contribution in [1.82, 2.24) is 0 Å². The Morgan fingerprint density at radius 2 is 1.59 bits per heavy atom. The Balaban J connectivity index is 1.41. The maximum absolute atomic E-state index is 11.9. The summed E-state index contributed by atoms with van der Waals surface area (Å²) in [5, 5.41) is 22.8. The second kappa shape index (κ2) is 8.43. The van der Waals surface area contributed by atoms with E-state index in [0.29, 0.717) is 34.5 Å². The number of esters is 1. The summed E-state index contributed by atoms with van der Waals surface area (Å²) >= 11 is 0. The number of rotatable bonds is 6. The molecule has 37 heavy (non-hydrogen) atoms. The van der Waals surface area contributed by atoms with Gasteiger partial charge in [-0.2, -0.15) is 0 Å². The normalized spacial score (nSPS) is 49.6. The van der Waals surface area contributed by atoms with E-state index in [1.165, 1.54) is 45.4 Å². The van der Waals surface area contributed by atoms with E-state index in [1.54, 1.807) is 7.11 Å². The Bertz CT molecular complexity index is 928. The van der Waals surface area contributed by atoms with Crippen LogP contribution in [0.25, 0.3) is 0 Å². The van der Waals surface area contributed by atoms with Crippen molar-refractivity contribution in [2.45, 2.75) is 137 Å². The predicted octanol–water partition coefficient (Wildman–Crippen LogP) is 6.14. The van der Waals surface area contributed by atoms with Crippen LogP contribution >= 0.6 is 0 Å². The maximum atomic E-state index is 11.9. The highest BCUT2D eigenvalue weighted by molar-refractivity contribution is 5.66. The summed E-state index contributed by atoms with van der Waals surface area (Å²) in [4.78, 5) is 11.7. The van der Waals surface area contributed by atoms with Crippen molar-refractivity contribution in [2.24, 2.45) is 50.7 Å². The van der Waals surface area contributed by atoms with Crippen molar-refractivity contribution in [1.29, 1.82) is 0 Å². The van der Waals surface area contributed by atoms with Crippen LogP contribution in [0.4, 0.5) is 0 Å². The van der Waals surface area contributed by atoms with Crippen molar-refractivity contribution >= 4 is 5.97 Å². The molecular weight excluding hydrogens is 464 g/mol. The number of fused-ring (bicyclic) bond motifs is 2. The maximum Gasteiger partial charge on any atom is 0.303 e. The van der Waals surface area contributed by atoms with Gasteiger partial charge in [-0.25, -0.2) is 0 Å². The first-order chi connectivity index (χ1) is 17.0. The molecule has 0 heterocycles. The van der Waals surface area contributed by atoms with Gasteiger partial charge in [0, 0.05) is 19.4 Å². The van der Waals surface area contributed by atoms with E-state index in [0.717, 1.165) is 19.3 Å². The highest BCUT2D eigenvalue weighted by Gasteiger charge is 2.83. The lowest BCUT2D eigenvalue weighted by Gasteiger charge is -2.63. The summed E-state index contributed by atoms with van der Waals surface area (Å²) in [5.41, 5.74) is 0.0150. The van der Waals surface area contributed by atoms with Gasteiger partial charge < -0.3 is 19.7 Å². The van der Waals surface area contributed by atoms with E-state index >= 15 is 0 Å². The number of ether oxygens (including phenoxy) is 2. The molecule has 3 unspecified atom stereocenters. The lowest BCUT2D eigenvalue weighted by molar-refractivity contribution is -0.184. The Kier molecular flexibility index (Phi) is 6.35. The summed E-state index contributed by atoms with van der Waals surface area (Å²) in [7, 11) is 1.72. The van der Waals surface area contributed by atoms with Gasteiger partial charge in [-0.1, -0.05) is 34.6 Å². The van der Waals surface area contributed by atoms with Gasteiger partial charge in [-0.05, 0) is 117 Å². The topological polar surface area (TPSA) is 76.0 Å². The summed E-state index contributed by atoms with van der Waals surface area (Å²) < 4.78 is 11.6. The molecule has 5 fully saturated rings. The first-order valence-corrected chi connectivity index (χ1v) is 15.1. The number of carbonyl (C=O) groups excluding carboxylic acids is 1. The summed E-state index contributed by atoms with van der Waals surface area (Å²) in [6.45, 7) is 17.3. The Morgan fingerprint density at radius 1 is 0.973 bits per heavy atom. The molecule has 0 bridgehead atoms. The van der Waals surface area contributed by atoms with Crippen LogP contribution < -0.4 is 0 Å². The molecule has 0 amide bonds. The standard InChI is InChI=1S/C32H54O5/c1-19(16-26(36-9)28(5,6)37-20(2)33)21-17-25(35)30(8)23-11-10-22-27(3,4)24(34)12-13-31(22)18-32(23,31)15-14-29(21,30)7/h19,21-26,34-35H,10-18H2,1-9H3/t19-,21-,22+,23?,24+,25+,26?,29-,30-,31-,32?/m1/s1. The molecule has 5 saturated carbocycles. The molecule has 2 spiro atoms. The van der Waals surface area contributed by atoms with Gasteiger partial charge in [0.1, 0.15) is 5.60 Å². The average Bonchev–Trinajstić information content (AvgIpc) is 3.42. The van der Waals surface area contributed by atoms with Crippen LogP contribution in [0.1, 0.15) is 113 Å². The van der Waals surface area contributed by atoms with E-state index in [2.05, 4.69) is 34.6 Å².